The molecular formula is C13H12N2O2. The van der Waals surface area contributed by atoms with E-state index in [-0.39, 0.29) is 11.7 Å². The topological polar surface area (TPSA) is 44.1 Å². The summed E-state index contributed by atoms with van der Waals surface area (Å²) in [7, 11) is 0. The molecule has 1 atom stereocenters. The van der Waals surface area contributed by atoms with Gasteiger partial charge in [0.15, 0.2) is 0 Å². The molecule has 4 heteroatoms. The summed E-state index contributed by atoms with van der Waals surface area (Å²) in [5.41, 5.74) is 1.16. The summed E-state index contributed by atoms with van der Waals surface area (Å²) in [5.74, 6) is 0.925. The molecule has 0 amide bonds. The van der Waals surface area contributed by atoms with Gasteiger partial charge >= 0.3 is 0 Å². The first-order valence-electron chi connectivity index (χ1n) is 5.58. The van der Waals surface area contributed by atoms with Gasteiger partial charge in [-0.05, 0) is 11.6 Å². The van der Waals surface area contributed by atoms with E-state index < -0.39 is 0 Å². The molecule has 17 heavy (non-hydrogen) atoms. The zero-order valence-corrected chi connectivity index (χ0v) is 9.24. The van der Waals surface area contributed by atoms with Gasteiger partial charge in [-0.1, -0.05) is 18.2 Å². The fourth-order valence-corrected chi connectivity index (χ4v) is 2.09. The SMILES string of the molecule is O=c1ccncn1C[C@H]1Cc2ccccc2O1. The Hall–Kier alpha value is -2.10. The van der Waals surface area contributed by atoms with E-state index in [1.807, 2.05) is 18.2 Å². The van der Waals surface area contributed by atoms with E-state index >= 15 is 0 Å². The lowest BCUT2D eigenvalue weighted by molar-refractivity contribution is 0.207. The first-order valence-corrected chi connectivity index (χ1v) is 5.58. The minimum atomic E-state index is -0.0421. The van der Waals surface area contributed by atoms with Gasteiger partial charge in [-0.3, -0.25) is 9.36 Å². The van der Waals surface area contributed by atoms with Crippen LogP contribution < -0.4 is 10.3 Å². The highest BCUT2D eigenvalue weighted by Gasteiger charge is 2.22. The first-order chi connectivity index (χ1) is 8.33. The summed E-state index contributed by atoms with van der Waals surface area (Å²) in [6, 6.07) is 9.43. The monoisotopic (exact) mass is 228 g/mol. The summed E-state index contributed by atoms with van der Waals surface area (Å²) in [4.78, 5) is 15.5. The zero-order valence-electron chi connectivity index (χ0n) is 9.24. The molecule has 0 spiro atoms. The molecule has 2 aromatic rings. The van der Waals surface area contributed by atoms with Crippen LogP contribution in [0.5, 0.6) is 5.75 Å². The number of hydrogen-bond acceptors (Lipinski definition) is 3. The van der Waals surface area contributed by atoms with Crippen LogP contribution in [0.2, 0.25) is 0 Å². The summed E-state index contributed by atoms with van der Waals surface area (Å²) in [5, 5.41) is 0. The van der Waals surface area contributed by atoms with E-state index in [1.165, 1.54) is 17.8 Å². The number of ether oxygens (including phenoxy) is 1. The molecule has 4 nitrogen and oxygen atoms in total. The average molecular weight is 228 g/mol. The van der Waals surface area contributed by atoms with Gasteiger partial charge < -0.3 is 4.74 Å². The summed E-state index contributed by atoms with van der Waals surface area (Å²) in [6.07, 6.45) is 3.92. The van der Waals surface area contributed by atoms with Gasteiger partial charge in [-0.2, -0.15) is 0 Å². The van der Waals surface area contributed by atoms with Crippen LogP contribution >= 0.6 is 0 Å². The first kappa shape index (κ1) is 10.1. The van der Waals surface area contributed by atoms with Crippen molar-refractivity contribution in [1.82, 2.24) is 9.55 Å². The van der Waals surface area contributed by atoms with Gasteiger partial charge in [-0.25, -0.2) is 4.98 Å². The Morgan fingerprint density at radius 2 is 2.24 bits per heavy atom. The lowest BCUT2D eigenvalue weighted by Crippen LogP contribution is -2.28. The highest BCUT2D eigenvalue weighted by Crippen LogP contribution is 2.28. The number of aromatic nitrogens is 2. The van der Waals surface area contributed by atoms with E-state index in [2.05, 4.69) is 11.1 Å². The quantitative estimate of drug-likeness (QED) is 0.777. The Morgan fingerprint density at radius 1 is 1.35 bits per heavy atom. The van der Waals surface area contributed by atoms with Gasteiger partial charge in [0.05, 0.1) is 12.9 Å². The Labute approximate surface area is 98.5 Å². The van der Waals surface area contributed by atoms with Crippen molar-refractivity contribution in [2.45, 2.75) is 19.1 Å². The van der Waals surface area contributed by atoms with Crippen molar-refractivity contribution in [3.8, 4) is 5.75 Å². The van der Waals surface area contributed by atoms with Crippen LogP contribution in [0.3, 0.4) is 0 Å². The number of para-hydroxylation sites is 1. The molecule has 2 heterocycles. The predicted octanol–water partition coefficient (Wildman–Crippen LogP) is 1.25. The Kier molecular flexibility index (Phi) is 2.40. The van der Waals surface area contributed by atoms with Gasteiger partial charge in [0.25, 0.3) is 5.56 Å². The Bertz CT molecular complexity index is 567. The molecule has 1 aliphatic heterocycles. The third-order valence-electron chi connectivity index (χ3n) is 2.91. The third-order valence-corrected chi connectivity index (χ3v) is 2.91. The van der Waals surface area contributed by atoms with Crippen molar-refractivity contribution in [2.75, 3.05) is 0 Å². The molecule has 1 aromatic carbocycles. The molecular weight excluding hydrogens is 216 g/mol. The van der Waals surface area contributed by atoms with E-state index in [4.69, 9.17) is 4.74 Å². The molecule has 3 rings (SSSR count). The van der Waals surface area contributed by atoms with Crippen molar-refractivity contribution >= 4 is 0 Å². The maximum Gasteiger partial charge on any atom is 0.253 e. The number of benzene rings is 1. The highest BCUT2D eigenvalue weighted by molar-refractivity contribution is 5.37. The molecule has 0 radical (unpaired) electrons. The van der Waals surface area contributed by atoms with Crippen molar-refractivity contribution in [1.29, 1.82) is 0 Å². The normalized spacial score (nSPS) is 17.5. The zero-order chi connectivity index (χ0) is 11.7. The number of rotatable bonds is 2. The number of fused-ring (bicyclic) bond motifs is 1. The van der Waals surface area contributed by atoms with Gasteiger partial charge in [0.2, 0.25) is 0 Å². The minimum Gasteiger partial charge on any atom is -0.488 e. The van der Waals surface area contributed by atoms with Gasteiger partial charge in [0, 0.05) is 18.7 Å². The fraction of sp³-hybridized carbons (Fsp3) is 0.231. The molecule has 86 valence electrons. The summed E-state index contributed by atoms with van der Waals surface area (Å²) < 4.78 is 7.36. The second-order valence-corrected chi connectivity index (χ2v) is 4.12. The van der Waals surface area contributed by atoms with Crippen molar-refractivity contribution < 1.29 is 4.74 Å². The molecule has 0 N–H and O–H groups in total. The van der Waals surface area contributed by atoms with Crippen molar-refractivity contribution in [3.63, 3.8) is 0 Å². The molecule has 0 saturated heterocycles. The Balaban J connectivity index is 1.78. The Morgan fingerprint density at radius 3 is 3.06 bits per heavy atom. The molecule has 0 bridgehead atoms. The van der Waals surface area contributed by atoms with E-state index in [0.717, 1.165) is 12.2 Å². The van der Waals surface area contributed by atoms with E-state index in [1.54, 1.807) is 10.9 Å². The maximum absolute atomic E-state index is 11.5. The second-order valence-electron chi connectivity index (χ2n) is 4.12. The summed E-state index contributed by atoms with van der Waals surface area (Å²) in [6.45, 7) is 0.543. The van der Waals surface area contributed by atoms with Crippen LogP contribution in [0.1, 0.15) is 5.56 Å². The maximum atomic E-state index is 11.5. The highest BCUT2D eigenvalue weighted by atomic mass is 16.5. The molecule has 0 saturated carbocycles. The van der Waals surface area contributed by atoms with Crippen molar-refractivity contribution in [2.24, 2.45) is 0 Å². The van der Waals surface area contributed by atoms with E-state index in [9.17, 15) is 4.79 Å². The standard InChI is InChI=1S/C13H12N2O2/c16-13-5-6-14-9-15(13)8-11-7-10-3-1-2-4-12(10)17-11/h1-6,9,11H,7-8H2/t11-/m1/s1. The van der Waals surface area contributed by atoms with Gasteiger partial charge in [-0.15, -0.1) is 0 Å². The predicted molar refractivity (Wildman–Crippen MR) is 63.1 cm³/mol. The molecule has 0 fully saturated rings. The van der Waals surface area contributed by atoms with Crippen LogP contribution in [0, 0.1) is 0 Å². The molecule has 0 aliphatic carbocycles. The minimum absolute atomic E-state index is 0.0225. The van der Waals surface area contributed by atoms with Crippen LogP contribution in [0.15, 0.2) is 47.7 Å². The average Bonchev–Trinajstić information content (AvgIpc) is 2.74. The lowest BCUT2D eigenvalue weighted by Gasteiger charge is -2.11. The van der Waals surface area contributed by atoms with E-state index in [0.29, 0.717) is 6.54 Å². The summed E-state index contributed by atoms with van der Waals surface area (Å²) >= 11 is 0. The van der Waals surface area contributed by atoms with Crippen LogP contribution in [0.4, 0.5) is 0 Å². The number of hydrogen-bond donors (Lipinski definition) is 0. The smallest absolute Gasteiger partial charge is 0.253 e. The van der Waals surface area contributed by atoms with Crippen LogP contribution in [-0.4, -0.2) is 15.7 Å². The van der Waals surface area contributed by atoms with Crippen molar-refractivity contribution in [3.05, 3.63) is 58.8 Å². The fourth-order valence-electron chi connectivity index (χ4n) is 2.09. The third kappa shape index (κ3) is 1.93. The largest absolute Gasteiger partial charge is 0.488 e. The number of nitrogens with zero attached hydrogens (tertiary/aromatic N) is 2. The lowest BCUT2D eigenvalue weighted by atomic mass is 10.1. The van der Waals surface area contributed by atoms with Gasteiger partial charge in [0.1, 0.15) is 11.9 Å². The van der Waals surface area contributed by atoms with Crippen LogP contribution in [-0.2, 0) is 13.0 Å². The molecule has 1 aliphatic rings. The van der Waals surface area contributed by atoms with Crippen LogP contribution in [0.25, 0.3) is 0 Å². The molecule has 0 unspecified atom stereocenters. The second kappa shape index (κ2) is 4.05. The molecule has 1 aromatic heterocycles.